The summed E-state index contributed by atoms with van der Waals surface area (Å²) >= 11 is 0. The number of hydrogen-bond donors (Lipinski definition) is 2. The van der Waals surface area contributed by atoms with Gasteiger partial charge >= 0.3 is 11.9 Å². The maximum atomic E-state index is 17.3. The smallest absolute Gasteiger partial charge is 0.307 e. The van der Waals surface area contributed by atoms with E-state index in [-0.39, 0.29) is 37.7 Å². The van der Waals surface area contributed by atoms with E-state index in [0.717, 1.165) is 6.08 Å². The van der Waals surface area contributed by atoms with Gasteiger partial charge in [-0.3, -0.25) is 19.2 Å². The van der Waals surface area contributed by atoms with Crippen LogP contribution in [0.2, 0.25) is 0 Å². The lowest BCUT2D eigenvalue weighted by molar-refractivity contribution is -0.231. The Labute approximate surface area is 214 Å². The van der Waals surface area contributed by atoms with Crippen molar-refractivity contribution < 1.29 is 47.6 Å². The molecule has 0 spiro atoms. The molecule has 3 unspecified atom stereocenters. The molecule has 0 aliphatic heterocycles. The fraction of sp³-hybridized carbons (Fsp3) is 0.704. The summed E-state index contributed by atoms with van der Waals surface area (Å²) in [6.07, 6.45) is -0.831. The van der Waals surface area contributed by atoms with Crippen molar-refractivity contribution in [3.05, 3.63) is 23.8 Å². The number of ether oxygens (including phenoxy) is 2. The van der Waals surface area contributed by atoms with E-state index in [9.17, 15) is 29.4 Å². The first-order valence-corrected chi connectivity index (χ1v) is 12.6. The Kier molecular flexibility index (Phi) is 6.77. The summed E-state index contributed by atoms with van der Waals surface area (Å²) in [5.41, 5.74) is -7.20. The first-order chi connectivity index (χ1) is 17.2. The molecule has 10 heteroatoms. The second-order valence-corrected chi connectivity index (χ2v) is 11.4. The number of methoxy groups -OCH3 is 1. The number of alkyl halides is 2. The largest absolute Gasteiger partial charge is 0.469 e. The number of esters is 2. The molecule has 204 valence electrons. The van der Waals surface area contributed by atoms with Gasteiger partial charge in [0.1, 0.15) is 12.8 Å². The van der Waals surface area contributed by atoms with Crippen molar-refractivity contribution in [3.8, 4) is 0 Å². The summed E-state index contributed by atoms with van der Waals surface area (Å²) < 4.78 is 43.2. The number of fused-ring (bicyclic) bond motifs is 5. The normalized spacial score (nSPS) is 44.3. The van der Waals surface area contributed by atoms with Gasteiger partial charge in [-0.15, -0.1) is 0 Å². The van der Waals surface area contributed by atoms with Gasteiger partial charge in [0.15, 0.2) is 17.1 Å². The van der Waals surface area contributed by atoms with E-state index in [1.807, 2.05) is 0 Å². The number of aliphatic hydroxyl groups is 2. The number of ketones is 2. The van der Waals surface area contributed by atoms with Crippen molar-refractivity contribution in [1.82, 2.24) is 0 Å². The predicted octanol–water partition coefficient (Wildman–Crippen LogP) is 2.35. The number of allylic oxidation sites excluding steroid dienone is 4. The van der Waals surface area contributed by atoms with Crippen LogP contribution in [0.3, 0.4) is 0 Å². The van der Waals surface area contributed by atoms with E-state index in [4.69, 9.17) is 4.74 Å². The lowest BCUT2D eigenvalue weighted by Crippen LogP contribution is -2.71. The molecule has 3 saturated carbocycles. The number of aliphatic hydroxyl groups excluding tert-OH is 2. The zero-order chi connectivity index (χ0) is 27.6. The minimum Gasteiger partial charge on any atom is -0.469 e. The highest BCUT2D eigenvalue weighted by molar-refractivity contribution is 6.01. The standard InChI is InChI=1S/C27H34F2O8/c1-14-9-16-17-11-19(28)18-10-15(31)7-8-24(18,2)26(17,29)20(32)12-25(16,3)27(14,21(33)13-30)37-23(35)6-5-22(34)36-4/h7-8,10,14,16-17,19-20,30,32H,5-6,9,11-13H2,1-4H3/t14?,16-,17-,19?,20?,24-,25-,26-,27-/m0/s1. The molecule has 8 nitrogen and oxygen atoms in total. The van der Waals surface area contributed by atoms with Crippen LogP contribution < -0.4 is 0 Å². The Morgan fingerprint density at radius 1 is 1.14 bits per heavy atom. The summed E-state index contributed by atoms with van der Waals surface area (Å²) in [5.74, 6) is -5.21. The van der Waals surface area contributed by atoms with E-state index in [0.29, 0.717) is 0 Å². The lowest BCUT2D eigenvalue weighted by atomic mass is 9.44. The van der Waals surface area contributed by atoms with E-state index < -0.39 is 82.2 Å². The first kappa shape index (κ1) is 27.6. The van der Waals surface area contributed by atoms with E-state index in [1.165, 1.54) is 26.2 Å². The van der Waals surface area contributed by atoms with Crippen LogP contribution in [0.25, 0.3) is 0 Å². The third kappa shape index (κ3) is 3.58. The zero-order valence-corrected chi connectivity index (χ0v) is 21.5. The van der Waals surface area contributed by atoms with Crippen LogP contribution in [-0.2, 0) is 28.7 Å². The molecule has 4 rings (SSSR count). The number of hydrogen-bond acceptors (Lipinski definition) is 8. The van der Waals surface area contributed by atoms with E-state index >= 15 is 8.78 Å². The Balaban J connectivity index is 1.78. The van der Waals surface area contributed by atoms with Crippen molar-refractivity contribution in [1.29, 1.82) is 0 Å². The average molecular weight is 525 g/mol. The maximum Gasteiger partial charge on any atom is 0.307 e. The van der Waals surface area contributed by atoms with Crippen molar-refractivity contribution >= 4 is 23.5 Å². The number of carbonyl (C=O) groups excluding carboxylic acids is 4. The molecule has 4 aliphatic carbocycles. The van der Waals surface area contributed by atoms with Gasteiger partial charge in [0, 0.05) is 22.7 Å². The highest BCUT2D eigenvalue weighted by Gasteiger charge is 2.78. The third-order valence-electron chi connectivity index (χ3n) is 9.76. The summed E-state index contributed by atoms with van der Waals surface area (Å²) in [4.78, 5) is 49.7. The molecule has 0 saturated heterocycles. The Hall–Kier alpha value is -2.46. The van der Waals surface area contributed by atoms with Gasteiger partial charge in [-0.2, -0.15) is 0 Å². The van der Waals surface area contributed by atoms with Crippen LogP contribution in [0, 0.1) is 28.6 Å². The molecule has 0 aromatic rings. The second-order valence-electron chi connectivity index (χ2n) is 11.4. The Morgan fingerprint density at radius 2 is 1.78 bits per heavy atom. The fourth-order valence-corrected chi connectivity index (χ4v) is 8.05. The van der Waals surface area contributed by atoms with Gasteiger partial charge in [0.2, 0.25) is 5.78 Å². The van der Waals surface area contributed by atoms with Crippen LogP contribution in [0.5, 0.6) is 0 Å². The van der Waals surface area contributed by atoms with E-state index in [2.05, 4.69) is 4.74 Å². The molecule has 0 bridgehead atoms. The average Bonchev–Trinajstić information content (AvgIpc) is 3.07. The molecule has 0 heterocycles. The van der Waals surface area contributed by atoms with Crippen LogP contribution >= 0.6 is 0 Å². The second kappa shape index (κ2) is 9.08. The SMILES string of the molecule is COC(=O)CCC(=O)O[C@]1(C(=O)CO)C(C)C[C@H]2[C@@H]3CC(F)C4=CC(=O)C=C[C@]4(C)[C@@]3(F)C(O)C[C@@]21C. The topological polar surface area (TPSA) is 127 Å². The Morgan fingerprint density at radius 3 is 2.41 bits per heavy atom. The molecular weight excluding hydrogens is 490 g/mol. The van der Waals surface area contributed by atoms with E-state index in [1.54, 1.807) is 13.8 Å². The molecule has 2 N–H and O–H groups in total. The number of halogens is 2. The molecule has 3 fully saturated rings. The predicted molar refractivity (Wildman–Crippen MR) is 125 cm³/mol. The molecule has 37 heavy (non-hydrogen) atoms. The molecule has 0 radical (unpaired) electrons. The van der Waals surface area contributed by atoms with Crippen molar-refractivity contribution in [3.63, 3.8) is 0 Å². The molecule has 4 aliphatic rings. The van der Waals surface area contributed by atoms with Gasteiger partial charge in [0.05, 0.1) is 26.1 Å². The lowest BCUT2D eigenvalue weighted by Gasteiger charge is -2.63. The summed E-state index contributed by atoms with van der Waals surface area (Å²) in [7, 11) is 1.17. The van der Waals surface area contributed by atoms with Crippen LogP contribution in [-0.4, -0.2) is 71.0 Å². The van der Waals surface area contributed by atoms with Gasteiger partial charge in [-0.05, 0) is 49.8 Å². The fourth-order valence-electron chi connectivity index (χ4n) is 8.05. The number of Topliss-reactive ketones (excluding diaryl/α,β-unsaturated/α-hetero) is 1. The molecule has 0 amide bonds. The van der Waals surface area contributed by atoms with Crippen LogP contribution in [0.15, 0.2) is 23.8 Å². The summed E-state index contributed by atoms with van der Waals surface area (Å²) in [5, 5.41) is 21.3. The third-order valence-corrected chi connectivity index (χ3v) is 9.76. The van der Waals surface area contributed by atoms with Crippen LogP contribution in [0.4, 0.5) is 8.78 Å². The van der Waals surface area contributed by atoms with Gasteiger partial charge in [-0.1, -0.05) is 19.9 Å². The minimum atomic E-state index is -2.35. The summed E-state index contributed by atoms with van der Waals surface area (Å²) in [6, 6.07) is 0. The monoisotopic (exact) mass is 524 g/mol. The van der Waals surface area contributed by atoms with Crippen molar-refractivity contribution in [2.75, 3.05) is 13.7 Å². The zero-order valence-electron chi connectivity index (χ0n) is 21.5. The van der Waals surface area contributed by atoms with Crippen LogP contribution in [0.1, 0.15) is 52.9 Å². The van der Waals surface area contributed by atoms with Gasteiger partial charge < -0.3 is 19.7 Å². The van der Waals surface area contributed by atoms with Crippen molar-refractivity contribution in [2.45, 2.75) is 76.4 Å². The molecule has 0 aromatic heterocycles. The number of carbonyl (C=O) groups is 4. The highest BCUT2D eigenvalue weighted by atomic mass is 19.1. The van der Waals surface area contributed by atoms with Crippen molar-refractivity contribution in [2.24, 2.45) is 28.6 Å². The molecule has 0 aromatic carbocycles. The summed E-state index contributed by atoms with van der Waals surface area (Å²) in [6.45, 7) is 3.79. The van der Waals surface area contributed by atoms with Gasteiger partial charge in [0.25, 0.3) is 0 Å². The van der Waals surface area contributed by atoms with Gasteiger partial charge in [-0.25, -0.2) is 8.78 Å². The highest BCUT2D eigenvalue weighted by Crippen LogP contribution is 2.71. The minimum absolute atomic E-state index is 0.0145. The molecule has 9 atom stereocenters. The Bertz CT molecular complexity index is 1090. The first-order valence-electron chi connectivity index (χ1n) is 12.6. The number of rotatable bonds is 6. The quantitative estimate of drug-likeness (QED) is 0.507. The molecular formula is C27H34F2O8. The maximum absolute atomic E-state index is 17.3.